The first kappa shape index (κ1) is 14.8. The van der Waals surface area contributed by atoms with Gasteiger partial charge in [0.2, 0.25) is 0 Å². The van der Waals surface area contributed by atoms with E-state index in [1.54, 1.807) is 0 Å². The summed E-state index contributed by atoms with van der Waals surface area (Å²) in [6.07, 6.45) is 6.52. The summed E-state index contributed by atoms with van der Waals surface area (Å²) in [5, 5.41) is 0. The summed E-state index contributed by atoms with van der Waals surface area (Å²) in [4.78, 5) is 0. The number of allylic oxidation sites excluding steroid dienone is 2. The highest BCUT2D eigenvalue weighted by Gasteiger charge is 2.10. The van der Waals surface area contributed by atoms with E-state index in [0.29, 0.717) is 5.92 Å². The molecule has 0 heterocycles. The lowest BCUT2D eigenvalue weighted by Gasteiger charge is -2.17. The molecule has 0 aliphatic rings. The van der Waals surface area contributed by atoms with Gasteiger partial charge in [0, 0.05) is 0 Å². The van der Waals surface area contributed by atoms with Crippen molar-refractivity contribution >= 4 is 0 Å². The van der Waals surface area contributed by atoms with E-state index in [0.717, 1.165) is 25.2 Å². The van der Waals surface area contributed by atoms with Gasteiger partial charge in [0.15, 0.2) is 0 Å². The van der Waals surface area contributed by atoms with Crippen LogP contribution in [0.15, 0.2) is 24.3 Å². The van der Waals surface area contributed by atoms with Crippen molar-refractivity contribution in [2.24, 2.45) is 0 Å². The van der Waals surface area contributed by atoms with Gasteiger partial charge >= 0.3 is 0 Å². The van der Waals surface area contributed by atoms with Gasteiger partial charge < -0.3 is 4.74 Å². The molecule has 0 spiro atoms. The van der Waals surface area contributed by atoms with Crippen LogP contribution in [0, 0.1) is 13.8 Å². The van der Waals surface area contributed by atoms with Gasteiger partial charge in [-0.05, 0) is 62.3 Å². The van der Waals surface area contributed by atoms with E-state index in [-0.39, 0.29) is 0 Å². The Hall–Kier alpha value is -1.24. The van der Waals surface area contributed by atoms with Crippen LogP contribution in [0.25, 0.3) is 0 Å². The maximum atomic E-state index is 5.77. The molecule has 1 heteroatoms. The van der Waals surface area contributed by atoms with Crippen LogP contribution in [0.4, 0.5) is 0 Å². The Labute approximate surface area is 112 Å². The topological polar surface area (TPSA) is 9.23 Å². The third kappa shape index (κ3) is 3.90. The molecule has 0 bridgehead atoms. The molecule has 0 radical (unpaired) electrons. The smallest absolute Gasteiger partial charge is 0.122 e. The fraction of sp³-hybridized carbons (Fsp3) is 0.529. The van der Waals surface area contributed by atoms with Gasteiger partial charge in [0.25, 0.3) is 0 Å². The van der Waals surface area contributed by atoms with Gasteiger partial charge in [0.1, 0.15) is 5.75 Å². The number of hydrogen-bond donors (Lipinski definition) is 0. The molecule has 0 fully saturated rings. The summed E-state index contributed by atoms with van der Waals surface area (Å²) in [5.74, 6) is 1.61. The average Bonchev–Trinajstić information content (AvgIpc) is 2.36. The zero-order valence-corrected chi connectivity index (χ0v) is 12.4. The van der Waals surface area contributed by atoms with Crippen molar-refractivity contribution in [1.29, 1.82) is 0 Å². The van der Waals surface area contributed by atoms with Gasteiger partial charge in [-0.25, -0.2) is 0 Å². The molecule has 100 valence electrons. The van der Waals surface area contributed by atoms with Gasteiger partial charge in [-0.15, -0.1) is 0 Å². The quantitative estimate of drug-likeness (QED) is 0.630. The number of benzene rings is 1. The summed E-state index contributed by atoms with van der Waals surface area (Å²) in [6, 6.07) is 4.47. The van der Waals surface area contributed by atoms with E-state index >= 15 is 0 Å². The number of ether oxygens (including phenoxy) is 1. The molecule has 1 unspecified atom stereocenters. The molecule has 0 amide bonds. The Bertz CT molecular complexity index is 404. The van der Waals surface area contributed by atoms with Gasteiger partial charge in [-0.1, -0.05) is 32.1 Å². The predicted octanol–water partition coefficient (Wildman–Crippen LogP) is 5.16. The number of hydrogen-bond acceptors (Lipinski definition) is 1. The van der Waals surface area contributed by atoms with Gasteiger partial charge in [-0.2, -0.15) is 0 Å². The van der Waals surface area contributed by atoms with Crippen LogP contribution in [0.1, 0.15) is 56.2 Å². The Morgan fingerprint density at radius 3 is 2.56 bits per heavy atom. The Kier molecular flexibility index (Phi) is 5.97. The second-order valence-corrected chi connectivity index (χ2v) is 5.03. The molecule has 0 saturated heterocycles. The maximum Gasteiger partial charge on any atom is 0.122 e. The SMILES string of the molecule is C/C=C\CC(C)c1cc(C)c(OCCC)cc1C. The zero-order chi connectivity index (χ0) is 13.5. The molecule has 1 nitrogen and oxygen atoms in total. The first-order valence-corrected chi connectivity index (χ1v) is 6.95. The van der Waals surface area contributed by atoms with E-state index in [1.807, 2.05) is 0 Å². The highest BCUT2D eigenvalue weighted by Crippen LogP contribution is 2.29. The van der Waals surface area contributed by atoms with Crippen molar-refractivity contribution in [3.63, 3.8) is 0 Å². The summed E-state index contributed by atoms with van der Waals surface area (Å²) < 4.78 is 5.77. The third-order valence-electron chi connectivity index (χ3n) is 3.28. The van der Waals surface area contributed by atoms with Crippen molar-refractivity contribution in [1.82, 2.24) is 0 Å². The van der Waals surface area contributed by atoms with Crippen LogP contribution in [0.3, 0.4) is 0 Å². The Morgan fingerprint density at radius 1 is 1.22 bits per heavy atom. The second-order valence-electron chi connectivity index (χ2n) is 5.03. The van der Waals surface area contributed by atoms with Crippen molar-refractivity contribution in [3.05, 3.63) is 41.0 Å². The Balaban J connectivity index is 2.91. The zero-order valence-electron chi connectivity index (χ0n) is 12.4. The van der Waals surface area contributed by atoms with Crippen LogP contribution in [0.5, 0.6) is 5.75 Å². The van der Waals surface area contributed by atoms with E-state index in [9.17, 15) is 0 Å². The minimum atomic E-state index is 0.570. The average molecular weight is 246 g/mol. The van der Waals surface area contributed by atoms with Crippen molar-refractivity contribution in [2.45, 2.75) is 53.4 Å². The molecule has 18 heavy (non-hydrogen) atoms. The molecule has 0 aliphatic carbocycles. The van der Waals surface area contributed by atoms with Crippen LogP contribution in [-0.2, 0) is 0 Å². The largest absolute Gasteiger partial charge is 0.493 e. The van der Waals surface area contributed by atoms with Crippen LogP contribution in [-0.4, -0.2) is 6.61 Å². The van der Waals surface area contributed by atoms with E-state index in [1.165, 1.54) is 16.7 Å². The fourth-order valence-corrected chi connectivity index (χ4v) is 2.18. The summed E-state index contributed by atoms with van der Waals surface area (Å²) >= 11 is 0. The molecular weight excluding hydrogens is 220 g/mol. The molecule has 1 rings (SSSR count). The molecule has 0 aliphatic heterocycles. The lowest BCUT2D eigenvalue weighted by atomic mass is 9.92. The van der Waals surface area contributed by atoms with Crippen LogP contribution in [0.2, 0.25) is 0 Å². The van der Waals surface area contributed by atoms with E-state index in [2.05, 4.69) is 58.9 Å². The number of rotatable bonds is 6. The lowest BCUT2D eigenvalue weighted by Crippen LogP contribution is -2.01. The molecule has 1 aromatic rings. The molecule has 0 aromatic heterocycles. The molecule has 0 N–H and O–H groups in total. The van der Waals surface area contributed by atoms with Crippen molar-refractivity contribution < 1.29 is 4.74 Å². The summed E-state index contributed by atoms with van der Waals surface area (Å²) in [5.41, 5.74) is 4.02. The van der Waals surface area contributed by atoms with Crippen LogP contribution >= 0.6 is 0 Å². The van der Waals surface area contributed by atoms with Crippen LogP contribution < -0.4 is 4.74 Å². The lowest BCUT2D eigenvalue weighted by molar-refractivity contribution is 0.315. The molecule has 0 saturated carbocycles. The normalized spacial score (nSPS) is 12.9. The van der Waals surface area contributed by atoms with Crippen molar-refractivity contribution in [3.8, 4) is 5.75 Å². The second kappa shape index (κ2) is 7.25. The van der Waals surface area contributed by atoms with E-state index < -0.39 is 0 Å². The maximum absolute atomic E-state index is 5.77. The standard InChI is InChI=1S/C17H26O/c1-6-8-9-13(3)16-11-15(5)17(12-14(16)4)18-10-7-2/h6,8,11-13H,7,9-10H2,1-5H3/b8-6-. The summed E-state index contributed by atoms with van der Waals surface area (Å²) in [7, 11) is 0. The molecule has 1 atom stereocenters. The highest BCUT2D eigenvalue weighted by molar-refractivity contribution is 5.43. The Morgan fingerprint density at radius 2 is 1.94 bits per heavy atom. The highest BCUT2D eigenvalue weighted by atomic mass is 16.5. The van der Waals surface area contributed by atoms with Gasteiger partial charge in [0.05, 0.1) is 6.61 Å². The predicted molar refractivity (Wildman–Crippen MR) is 79.5 cm³/mol. The first-order valence-electron chi connectivity index (χ1n) is 6.95. The minimum Gasteiger partial charge on any atom is -0.493 e. The first-order chi connectivity index (χ1) is 8.60. The molecular formula is C17H26O. The van der Waals surface area contributed by atoms with Gasteiger partial charge in [-0.3, -0.25) is 0 Å². The summed E-state index contributed by atoms with van der Waals surface area (Å²) in [6.45, 7) is 11.6. The third-order valence-corrected chi connectivity index (χ3v) is 3.28. The molecule has 1 aromatic carbocycles. The van der Waals surface area contributed by atoms with Crippen molar-refractivity contribution in [2.75, 3.05) is 6.61 Å². The van der Waals surface area contributed by atoms with E-state index in [4.69, 9.17) is 4.74 Å². The minimum absolute atomic E-state index is 0.570. The monoisotopic (exact) mass is 246 g/mol. The fourth-order valence-electron chi connectivity index (χ4n) is 2.18. The number of aryl methyl sites for hydroxylation is 2.